The lowest BCUT2D eigenvalue weighted by molar-refractivity contribution is -0.152. The van der Waals surface area contributed by atoms with E-state index in [2.05, 4.69) is 13.8 Å². The Balaban J connectivity index is 5.14. The molecular weight excluding hydrogens is 304 g/mol. The van der Waals surface area contributed by atoms with Crippen LogP contribution in [0, 0.1) is 17.8 Å². The van der Waals surface area contributed by atoms with Crippen molar-refractivity contribution in [3.8, 4) is 0 Å². The molecule has 0 aromatic carbocycles. The number of rotatable bonds is 14. The zero-order valence-electron chi connectivity index (χ0n) is 15.9. The van der Waals surface area contributed by atoms with E-state index in [0.29, 0.717) is 13.0 Å². The lowest BCUT2D eigenvalue weighted by Crippen LogP contribution is -2.32. The number of carboxylic acid groups (broad SMARTS) is 1. The lowest BCUT2D eigenvalue weighted by Gasteiger charge is -2.26. The normalized spacial score (nSPS) is 15.2. The third-order valence-electron chi connectivity index (χ3n) is 4.47. The van der Waals surface area contributed by atoms with Crippen molar-refractivity contribution in [2.75, 3.05) is 6.61 Å². The number of ether oxygens (including phenoxy) is 1. The van der Waals surface area contributed by atoms with Crippen LogP contribution in [-0.2, 0) is 14.3 Å². The van der Waals surface area contributed by atoms with Crippen molar-refractivity contribution in [3.05, 3.63) is 12.2 Å². The van der Waals surface area contributed by atoms with Crippen molar-refractivity contribution < 1.29 is 19.4 Å². The molecule has 1 N–H and O–H groups in total. The van der Waals surface area contributed by atoms with Gasteiger partial charge in [-0.25, -0.2) is 0 Å². The molecule has 0 rings (SSSR count). The van der Waals surface area contributed by atoms with Crippen LogP contribution in [0.3, 0.4) is 0 Å². The van der Waals surface area contributed by atoms with E-state index in [1.54, 1.807) is 13.8 Å². The Labute approximate surface area is 147 Å². The Morgan fingerprint density at radius 1 is 1.04 bits per heavy atom. The van der Waals surface area contributed by atoms with Gasteiger partial charge in [0, 0.05) is 5.92 Å². The summed E-state index contributed by atoms with van der Waals surface area (Å²) in [4.78, 5) is 23.9. The van der Waals surface area contributed by atoms with Gasteiger partial charge in [0.2, 0.25) is 0 Å². The molecule has 24 heavy (non-hydrogen) atoms. The summed E-state index contributed by atoms with van der Waals surface area (Å²) in [6.07, 6.45) is 12.1. The molecule has 0 aromatic heterocycles. The first kappa shape index (κ1) is 22.7. The predicted molar refractivity (Wildman–Crippen MR) is 97.8 cm³/mol. The van der Waals surface area contributed by atoms with Crippen LogP contribution >= 0.6 is 0 Å². The van der Waals surface area contributed by atoms with Crippen molar-refractivity contribution in [3.63, 3.8) is 0 Å². The molecule has 0 bridgehead atoms. The molecule has 0 saturated carbocycles. The van der Waals surface area contributed by atoms with Gasteiger partial charge in [-0.05, 0) is 26.2 Å². The Hall–Kier alpha value is -1.32. The van der Waals surface area contributed by atoms with E-state index in [0.717, 1.165) is 38.5 Å². The highest BCUT2D eigenvalue weighted by atomic mass is 16.5. The minimum Gasteiger partial charge on any atom is -0.481 e. The van der Waals surface area contributed by atoms with Crippen molar-refractivity contribution in [1.29, 1.82) is 0 Å². The van der Waals surface area contributed by atoms with Crippen LogP contribution in [0.2, 0.25) is 0 Å². The number of unbranched alkanes of at least 4 members (excludes halogenated alkanes) is 5. The summed E-state index contributed by atoms with van der Waals surface area (Å²) < 4.78 is 5.22. The molecule has 0 saturated heterocycles. The third kappa shape index (κ3) is 9.09. The van der Waals surface area contributed by atoms with Gasteiger partial charge in [-0.2, -0.15) is 0 Å². The van der Waals surface area contributed by atoms with Crippen LogP contribution in [0.25, 0.3) is 0 Å². The summed E-state index contributed by atoms with van der Waals surface area (Å²) in [6.45, 7) is 8.08. The zero-order valence-corrected chi connectivity index (χ0v) is 15.9. The van der Waals surface area contributed by atoms with E-state index in [9.17, 15) is 14.7 Å². The molecule has 0 radical (unpaired) electrons. The van der Waals surface area contributed by atoms with Crippen LogP contribution in [0.1, 0.15) is 79.1 Å². The van der Waals surface area contributed by atoms with Crippen LogP contribution in [0.5, 0.6) is 0 Å². The van der Waals surface area contributed by atoms with Gasteiger partial charge >= 0.3 is 11.9 Å². The summed E-state index contributed by atoms with van der Waals surface area (Å²) >= 11 is 0. The molecule has 0 aliphatic carbocycles. The standard InChI is InChI=1S/C20H36O4/c1-5-8-10-11-13-14-17(16(4)19(21)22)18(15-12-9-6-2)20(23)24-7-3/h13-14,16-18H,5-12,15H2,1-4H3,(H,21,22)/b14-13+/t16-,17-,18-/m0/s1. The second kappa shape index (κ2) is 14.1. The Kier molecular flexibility index (Phi) is 13.3. The van der Waals surface area contributed by atoms with Gasteiger partial charge in [-0.3, -0.25) is 9.59 Å². The van der Waals surface area contributed by atoms with E-state index in [-0.39, 0.29) is 17.8 Å². The van der Waals surface area contributed by atoms with Gasteiger partial charge in [-0.15, -0.1) is 0 Å². The number of carbonyl (C=O) groups excluding carboxylic acids is 1. The molecule has 0 aliphatic rings. The fourth-order valence-electron chi connectivity index (χ4n) is 2.91. The molecule has 4 heteroatoms. The van der Waals surface area contributed by atoms with Gasteiger partial charge in [-0.1, -0.05) is 65.0 Å². The van der Waals surface area contributed by atoms with Crippen LogP contribution < -0.4 is 0 Å². The maximum absolute atomic E-state index is 12.4. The smallest absolute Gasteiger partial charge is 0.309 e. The molecule has 0 aromatic rings. The van der Waals surface area contributed by atoms with Crippen molar-refractivity contribution in [2.45, 2.75) is 79.1 Å². The maximum atomic E-state index is 12.4. The van der Waals surface area contributed by atoms with Crippen molar-refractivity contribution in [1.82, 2.24) is 0 Å². The van der Waals surface area contributed by atoms with Crippen LogP contribution in [-0.4, -0.2) is 23.7 Å². The zero-order chi connectivity index (χ0) is 18.4. The molecular formula is C20H36O4. The number of carboxylic acids is 1. The number of carbonyl (C=O) groups is 2. The minimum atomic E-state index is -0.858. The Bertz CT molecular complexity index is 376. The highest BCUT2D eigenvalue weighted by Gasteiger charge is 2.34. The number of hydrogen-bond donors (Lipinski definition) is 1. The molecule has 3 atom stereocenters. The summed E-state index contributed by atoms with van der Waals surface area (Å²) in [7, 11) is 0. The third-order valence-corrected chi connectivity index (χ3v) is 4.47. The maximum Gasteiger partial charge on any atom is 0.309 e. The number of hydrogen-bond acceptors (Lipinski definition) is 3. The van der Waals surface area contributed by atoms with Gasteiger partial charge in [0.25, 0.3) is 0 Å². The fraction of sp³-hybridized carbons (Fsp3) is 0.800. The van der Waals surface area contributed by atoms with Crippen LogP contribution in [0.15, 0.2) is 12.2 Å². The second-order valence-corrected chi connectivity index (χ2v) is 6.48. The van der Waals surface area contributed by atoms with E-state index in [1.807, 2.05) is 12.2 Å². The summed E-state index contributed by atoms with van der Waals surface area (Å²) in [6, 6.07) is 0. The van der Waals surface area contributed by atoms with Gasteiger partial charge < -0.3 is 9.84 Å². The van der Waals surface area contributed by atoms with E-state index in [4.69, 9.17) is 4.74 Å². The monoisotopic (exact) mass is 340 g/mol. The highest BCUT2D eigenvalue weighted by molar-refractivity contribution is 5.76. The predicted octanol–water partition coefficient (Wildman–Crippen LogP) is 5.22. The van der Waals surface area contributed by atoms with Gasteiger partial charge in [0.05, 0.1) is 18.4 Å². The van der Waals surface area contributed by atoms with Crippen molar-refractivity contribution >= 4 is 11.9 Å². The van der Waals surface area contributed by atoms with E-state index >= 15 is 0 Å². The molecule has 0 amide bonds. The average Bonchev–Trinajstić information content (AvgIpc) is 2.55. The van der Waals surface area contributed by atoms with Crippen molar-refractivity contribution in [2.24, 2.45) is 17.8 Å². The second-order valence-electron chi connectivity index (χ2n) is 6.48. The fourth-order valence-corrected chi connectivity index (χ4v) is 2.91. The topological polar surface area (TPSA) is 63.6 Å². The molecule has 0 unspecified atom stereocenters. The summed E-state index contributed by atoms with van der Waals surface area (Å²) in [5.74, 6) is -2.39. The molecule has 140 valence electrons. The van der Waals surface area contributed by atoms with E-state index < -0.39 is 11.9 Å². The average molecular weight is 341 g/mol. The largest absolute Gasteiger partial charge is 0.481 e. The first-order valence-corrected chi connectivity index (χ1v) is 9.55. The number of aliphatic carboxylic acids is 1. The minimum absolute atomic E-state index is 0.259. The first-order chi connectivity index (χ1) is 11.5. The SMILES string of the molecule is CCCCC/C=C/[C@@H]([C@H](C)C(=O)O)[C@H](CCCCC)C(=O)OCC. The quantitative estimate of drug-likeness (QED) is 0.267. The molecule has 0 aliphatic heterocycles. The number of esters is 1. The molecule has 0 fully saturated rings. The van der Waals surface area contributed by atoms with Gasteiger partial charge in [0.15, 0.2) is 0 Å². The highest BCUT2D eigenvalue weighted by Crippen LogP contribution is 2.29. The summed E-state index contributed by atoms with van der Waals surface area (Å²) in [5, 5.41) is 9.44. The number of allylic oxidation sites excluding steroid dienone is 2. The Morgan fingerprint density at radius 3 is 2.21 bits per heavy atom. The lowest BCUT2D eigenvalue weighted by atomic mass is 9.79. The molecule has 0 heterocycles. The van der Waals surface area contributed by atoms with Crippen LogP contribution in [0.4, 0.5) is 0 Å². The molecule has 4 nitrogen and oxygen atoms in total. The first-order valence-electron chi connectivity index (χ1n) is 9.55. The Morgan fingerprint density at radius 2 is 1.67 bits per heavy atom. The summed E-state index contributed by atoms with van der Waals surface area (Å²) in [5.41, 5.74) is 0. The van der Waals surface area contributed by atoms with Gasteiger partial charge in [0.1, 0.15) is 0 Å². The molecule has 0 spiro atoms. The van der Waals surface area contributed by atoms with E-state index in [1.165, 1.54) is 6.42 Å².